The molecule has 1 amide bonds. The number of carbonyl (C=O) groups excluding carboxylic acids is 1. The summed E-state index contributed by atoms with van der Waals surface area (Å²) < 4.78 is 40.1. The van der Waals surface area contributed by atoms with Gasteiger partial charge in [0.05, 0.1) is 10.6 Å². The van der Waals surface area contributed by atoms with Crippen molar-refractivity contribution in [1.82, 2.24) is 9.62 Å². The minimum atomic E-state index is -3.54. The van der Waals surface area contributed by atoms with E-state index in [0.29, 0.717) is 43.9 Å². The quantitative estimate of drug-likeness (QED) is 0.599. The number of amides is 1. The van der Waals surface area contributed by atoms with Gasteiger partial charge in [0.25, 0.3) is 5.91 Å². The third-order valence-electron chi connectivity index (χ3n) is 4.68. The van der Waals surface area contributed by atoms with Crippen molar-refractivity contribution in [3.8, 4) is 0 Å². The lowest BCUT2D eigenvalue weighted by Crippen LogP contribution is -2.31. The van der Waals surface area contributed by atoms with Gasteiger partial charge in [-0.25, -0.2) is 12.8 Å². The summed E-state index contributed by atoms with van der Waals surface area (Å²) in [4.78, 5) is 14.2. The minimum Gasteiger partial charge on any atom is -0.372 e. The first kappa shape index (κ1) is 22.8. The Kier molecular flexibility index (Phi) is 8.16. The van der Waals surface area contributed by atoms with Gasteiger partial charge in [-0.05, 0) is 42.8 Å². The molecule has 0 aliphatic carbocycles. The Morgan fingerprint density at radius 2 is 1.66 bits per heavy atom. The Balaban J connectivity index is 1.88. The molecule has 0 aliphatic rings. The summed E-state index contributed by atoms with van der Waals surface area (Å²) in [6.45, 7) is 5.36. The molecule has 0 spiro atoms. The van der Waals surface area contributed by atoms with Gasteiger partial charge in [-0.1, -0.05) is 26.0 Å². The molecule has 0 radical (unpaired) electrons. The van der Waals surface area contributed by atoms with Gasteiger partial charge in [0.2, 0.25) is 10.0 Å². The van der Waals surface area contributed by atoms with Crippen LogP contribution in [0.15, 0.2) is 53.4 Å². The van der Waals surface area contributed by atoms with Gasteiger partial charge in [-0.3, -0.25) is 4.79 Å². The van der Waals surface area contributed by atoms with Crippen LogP contribution in [0.25, 0.3) is 0 Å². The fourth-order valence-corrected chi connectivity index (χ4v) is 4.45. The maximum absolute atomic E-state index is 13.8. The van der Waals surface area contributed by atoms with E-state index in [1.165, 1.54) is 34.6 Å². The number of carbonyl (C=O) groups is 1. The first-order valence-electron chi connectivity index (χ1n) is 9.65. The van der Waals surface area contributed by atoms with E-state index in [0.717, 1.165) is 0 Å². The van der Waals surface area contributed by atoms with Gasteiger partial charge >= 0.3 is 0 Å². The fourth-order valence-electron chi connectivity index (χ4n) is 2.99. The van der Waals surface area contributed by atoms with Gasteiger partial charge in [0, 0.05) is 38.8 Å². The normalized spacial score (nSPS) is 11.5. The van der Waals surface area contributed by atoms with Crippen LogP contribution in [0.4, 0.5) is 10.1 Å². The summed E-state index contributed by atoms with van der Waals surface area (Å²) in [6.07, 6.45) is 0.644. The number of anilines is 1. The Morgan fingerprint density at radius 1 is 1.03 bits per heavy atom. The topological polar surface area (TPSA) is 69.7 Å². The van der Waals surface area contributed by atoms with Crippen molar-refractivity contribution >= 4 is 21.6 Å². The molecule has 0 fully saturated rings. The number of sulfonamides is 1. The van der Waals surface area contributed by atoms with Crippen LogP contribution in [0.5, 0.6) is 0 Å². The maximum Gasteiger partial charge on any atom is 0.251 e. The highest BCUT2D eigenvalue weighted by molar-refractivity contribution is 7.89. The van der Waals surface area contributed by atoms with Crippen LogP contribution in [-0.4, -0.2) is 51.9 Å². The molecular weight excluding hydrogens is 393 g/mol. The Labute approximate surface area is 172 Å². The molecule has 0 bridgehead atoms. The first-order valence-corrected chi connectivity index (χ1v) is 11.1. The van der Waals surface area contributed by atoms with E-state index in [-0.39, 0.29) is 16.6 Å². The highest BCUT2D eigenvalue weighted by atomic mass is 32.2. The number of rotatable bonds is 10. The highest BCUT2D eigenvalue weighted by Gasteiger charge is 2.21. The molecule has 0 saturated heterocycles. The van der Waals surface area contributed by atoms with E-state index in [4.69, 9.17) is 0 Å². The van der Waals surface area contributed by atoms with Crippen LogP contribution < -0.4 is 10.2 Å². The van der Waals surface area contributed by atoms with Crippen molar-refractivity contribution < 1.29 is 17.6 Å². The van der Waals surface area contributed by atoms with Crippen LogP contribution in [0.1, 0.15) is 30.6 Å². The van der Waals surface area contributed by atoms with E-state index in [1.807, 2.05) is 0 Å². The van der Waals surface area contributed by atoms with Gasteiger partial charge in [0.15, 0.2) is 0 Å². The number of nitrogens with one attached hydrogen (secondary N) is 1. The number of hydrogen-bond acceptors (Lipinski definition) is 4. The molecule has 0 aromatic heterocycles. The Morgan fingerprint density at radius 3 is 2.24 bits per heavy atom. The minimum absolute atomic E-state index is 0.171. The summed E-state index contributed by atoms with van der Waals surface area (Å²) in [5, 5.41) is 2.80. The molecule has 2 rings (SSSR count). The molecule has 0 aliphatic heterocycles. The van der Waals surface area contributed by atoms with Crippen molar-refractivity contribution in [2.75, 3.05) is 38.1 Å². The molecule has 158 valence electrons. The third-order valence-corrected chi connectivity index (χ3v) is 6.74. The van der Waals surface area contributed by atoms with Gasteiger partial charge in [-0.2, -0.15) is 4.31 Å². The smallest absolute Gasteiger partial charge is 0.251 e. The monoisotopic (exact) mass is 421 g/mol. The largest absolute Gasteiger partial charge is 0.372 e. The Hall–Kier alpha value is -2.45. The van der Waals surface area contributed by atoms with Gasteiger partial charge in [0.1, 0.15) is 5.82 Å². The molecule has 0 unspecified atom stereocenters. The fraction of sp³-hybridized carbons (Fsp3) is 0.381. The molecule has 6 nitrogen and oxygen atoms in total. The second kappa shape index (κ2) is 10.4. The zero-order valence-corrected chi connectivity index (χ0v) is 17.9. The number of hydrogen-bond donors (Lipinski definition) is 1. The van der Waals surface area contributed by atoms with Crippen LogP contribution in [-0.2, 0) is 10.0 Å². The van der Waals surface area contributed by atoms with Crippen LogP contribution in [0.3, 0.4) is 0 Å². The van der Waals surface area contributed by atoms with Crippen LogP contribution in [0, 0.1) is 5.82 Å². The molecule has 2 aromatic rings. The Bertz CT molecular complexity index is 913. The highest BCUT2D eigenvalue weighted by Crippen LogP contribution is 2.17. The zero-order valence-electron chi connectivity index (χ0n) is 17.1. The van der Waals surface area contributed by atoms with Crippen LogP contribution in [0.2, 0.25) is 0 Å². The first-order chi connectivity index (χ1) is 13.8. The number of benzene rings is 2. The van der Waals surface area contributed by atoms with Crippen molar-refractivity contribution in [3.05, 3.63) is 59.9 Å². The second-order valence-electron chi connectivity index (χ2n) is 6.60. The summed E-state index contributed by atoms with van der Waals surface area (Å²) in [7, 11) is -1.74. The molecule has 0 heterocycles. The summed E-state index contributed by atoms with van der Waals surface area (Å²) in [5.41, 5.74) is 0.912. The molecule has 2 aromatic carbocycles. The summed E-state index contributed by atoms with van der Waals surface area (Å²) in [6, 6.07) is 12.5. The van der Waals surface area contributed by atoms with Crippen molar-refractivity contribution in [1.29, 1.82) is 0 Å². The van der Waals surface area contributed by atoms with E-state index in [1.54, 1.807) is 44.0 Å². The van der Waals surface area contributed by atoms with Crippen molar-refractivity contribution in [2.24, 2.45) is 0 Å². The van der Waals surface area contributed by atoms with E-state index < -0.39 is 10.0 Å². The molecule has 1 N–H and O–H groups in total. The molecular formula is C21H28FN3O3S. The predicted molar refractivity (Wildman–Crippen MR) is 113 cm³/mol. The molecule has 8 heteroatoms. The standard InChI is InChI=1S/C21H28FN3O3S/c1-4-25(5-2)29(27,28)18-13-11-17(12-14-18)21(26)23-15-8-16-24(3)20-10-7-6-9-19(20)22/h6-7,9-14H,4-5,8,15-16H2,1-3H3,(H,23,26). The lowest BCUT2D eigenvalue weighted by Gasteiger charge is -2.20. The molecule has 0 saturated carbocycles. The van der Waals surface area contributed by atoms with Crippen molar-refractivity contribution in [3.63, 3.8) is 0 Å². The zero-order chi connectivity index (χ0) is 21.4. The summed E-state index contributed by atoms with van der Waals surface area (Å²) in [5.74, 6) is -0.552. The lowest BCUT2D eigenvalue weighted by atomic mass is 10.2. The van der Waals surface area contributed by atoms with E-state index in [9.17, 15) is 17.6 Å². The molecule has 0 atom stereocenters. The SMILES string of the molecule is CCN(CC)S(=O)(=O)c1ccc(C(=O)NCCCN(C)c2ccccc2F)cc1. The van der Waals surface area contributed by atoms with Gasteiger partial charge < -0.3 is 10.2 Å². The maximum atomic E-state index is 13.8. The molecule has 29 heavy (non-hydrogen) atoms. The lowest BCUT2D eigenvalue weighted by molar-refractivity contribution is 0.0953. The number of halogens is 1. The average Bonchev–Trinajstić information content (AvgIpc) is 2.72. The predicted octanol–water partition coefficient (Wildman–Crippen LogP) is 3.11. The van der Waals surface area contributed by atoms with E-state index in [2.05, 4.69) is 5.32 Å². The number of nitrogens with zero attached hydrogens (tertiary/aromatic N) is 2. The van der Waals surface area contributed by atoms with Crippen LogP contribution >= 0.6 is 0 Å². The second-order valence-corrected chi connectivity index (χ2v) is 8.53. The number of para-hydroxylation sites is 1. The van der Waals surface area contributed by atoms with Crippen molar-refractivity contribution in [2.45, 2.75) is 25.2 Å². The third kappa shape index (κ3) is 5.77. The summed E-state index contributed by atoms with van der Waals surface area (Å²) >= 11 is 0. The van der Waals surface area contributed by atoms with Gasteiger partial charge in [-0.15, -0.1) is 0 Å². The van der Waals surface area contributed by atoms with E-state index >= 15 is 0 Å². The average molecular weight is 422 g/mol.